The van der Waals surface area contributed by atoms with Crippen LogP contribution in [0.1, 0.15) is 10.4 Å². The van der Waals surface area contributed by atoms with Crippen LogP contribution < -0.4 is 10.6 Å². The summed E-state index contributed by atoms with van der Waals surface area (Å²) in [6.45, 7) is 1.13. The molecule has 1 fully saturated rings. The monoisotopic (exact) mass is 267 g/mol. The van der Waals surface area contributed by atoms with E-state index >= 15 is 0 Å². The van der Waals surface area contributed by atoms with Crippen LogP contribution in [0, 0.1) is 0 Å². The Labute approximate surface area is 110 Å². The van der Waals surface area contributed by atoms with Gasteiger partial charge in [0.1, 0.15) is 12.2 Å². The minimum absolute atomic E-state index is 0.0554. The van der Waals surface area contributed by atoms with Gasteiger partial charge in [0.15, 0.2) is 5.82 Å². The topological polar surface area (TPSA) is 97.9 Å². The van der Waals surface area contributed by atoms with Gasteiger partial charge in [0.25, 0.3) is 0 Å². The molecular formula is C12H17N3O4. The number of methoxy groups -OCH3 is 2. The summed E-state index contributed by atoms with van der Waals surface area (Å²) in [5.74, 6) is -0.603. The molecule has 1 saturated heterocycles. The van der Waals surface area contributed by atoms with Gasteiger partial charge in [-0.2, -0.15) is 0 Å². The Balaban J connectivity index is 2.29. The zero-order chi connectivity index (χ0) is 14.0. The van der Waals surface area contributed by atoms with E-state index in [4.69, 9.17) is 20.3 Å². The van der Waals surface area contributed by atoms with E-state index in [1.165, 1.54) is 12.3 Å². The largest absolute Gasteiger partial charge is 0.478 e. The zero-order valence-corrected chi connectivity index (χ0v) is 10.9. The molecule has 2 rings (SSSR count). The summed E-state index contributed by atoms with van der Waals surface area (Å²) in [6, 6.07) is 1.39. The molecule has 0 amide bonds. The van der Waals surface area contributed by atoms with Crippen molar-refractivity contribution in [2.24, 2.45) is 0 Å². The zero-order valence-electron chi connectivity index (χ0n) is 10.9. The predicted molar refractivity (Wildman–Crippen MR) is 69.4 cm³/mol. The van der Waals surface area contributed by atoms with Gasteiger partial charge in [-0.05, 0) is 6.07 Å². The van der Waals surface area contributed by atoms with Crippen LogP contribution in [0.5, 0.6) is 0 Å². The normalized spacial score (nSPS) is 22.7. The number of hydrogen-bond acceptors (Lipinski definition) is 6. The highest BCUT2D eigenvalue weighted by molar-refractivity contribution is 5.96. The molecule has 2 heterocycles. The maximum atomic E-state index is 11.1. The summed E-state index contributed by atoms with van der Waals surface area (Å²) in [6.07, 6.45) is 1.27. The molecule has 0 spiro atoms. The molecule has 0 saturated carbocycles. The summed E-state index contributed by atoms with van der Waals surface area (Å²) < 4.78 is 10.7. The number of carboxylic acid groups (broad SMARTS) is 1. The third-order valence-corrected chi connectivity index (χ3v) is 3.32. The second-order valence-corrected chi connectivity index (χ2v) is 4.35. The summed E-state index contributed by atoms with van der Waals surface area (Å²) in [4.78, 5) is 17.1. The fourth-order valence-corrected chi connectivity index (χ4v) is 2.27. The van der Waals surface area contributed by atoms with Gasteiger partial charge in [-0.1, -0.05) is 0 Å². The van der Waals surface area contributed by atoms with Gasteiger partial charge in [-0.15, -0.1) is 0 Å². The molecule has 0 aliphatic carbocycles. The number of nitrogens with zero attached hydrogens (tertiary/aromatic N) is 2. The fourth-order valence-electron chi connectivity index (χ4n) is 2.27. The third kappa shape index (κ3) is 2.47. The van der Waals surface area contributed by atoms with Gasteiger partial charge >= 0.3 is 5.97 Å². The van der Waals surface area contributed by atoms with Gasteiger partial charge < -0.3 is 25.2 Å². The Morgan fingerprint density at radius 1 is 1.42 bits per heavy atom. The first-order chi connectivity index (χ1) is 9.08. The maximum absolute atomic E-state index is 11.1. The van der Waals surface area contributed by atoms with E-state index in [1.54, 1.807) is 14.2 Å². The highest BCUT2D eigenvalue weighted by Gasteiger charge is 2.34. The standard InChI is InChI=1S/C12H17N3O4/c1-18-8-5-15(6-9(8)19-2)11-10(13)7(12(16)17)3-4-14-11/h3-4,8-9H,5-6,13H2,1-2H3,(H,16,17). The first kappa shape index (κ1) is 13.6. The summed E-state index contributed by atoms with van der Waals surface area (Å²) in [5, 5.41) is 9.05. The van der Waals surface area contributed by atoms with Crippen molar-refractivity contribution in [2.75, 3.05) is 37.9 Å². The van der Waals surface area contributed by atoms with E-state index in [0.717, 1.165) is 0 Å². The molecule has 1 aromatic heterocycles. The van der Waals surface area contributed by atoms with E-state index < -0.39 is 5.97 Å². The van der Waals surface area contributed by atoms with Crippen LogP contribution in [0.25, 0.3) is 0 Å². The van der Waals surface area contributed by atoms with Crippen molar-refractivity contribution in [1.82, 2.24) is 4.98 Å². The van der Waals surface area contributed by atoms with E-state index in [2.05, 4.69) is 4.98 Å². The lowest BCUT2D eigenvalue weighted by atomic mass is 10.2. The minimum Gasteiger partial charge on any atom is -0.478 e. The Kier molecular flexibility index (Phi) is 3.87. The first-order valence-electron chi connectivity index (χ1n) is 5.86. The van der Waals surface area contributed by atoms with Crippen LogP contribution in [-0.4, -0.2) is 55.6 Å². The first-order valence-corrected chi connectivity index (χ1v) is 5.86. The number of aromatic carboxylic acids is 1. The quantitative estimate of drug-likeness (QED) is 0.804. The van der Waals surface area contributed by atoms with Crippen molar-refractivity contribution in [3.8, 4) is 0 Å². The average molecular weight is 267 g/mol. The molecule has 1 aliphatic heterocycles. The van der Waals surface area contributed by atoms with Crippen molar-refractivity contribution in [3.05, 3.63) is 17.8 Å². The van der Waals surface area contributed by atoms with Crippen molar-refractivity contribution in [2.45, 2.75) is 12.2 Å². The molecule has 104 valence electrons. The molecule has 19 heavy (non-hydrogen) atoms. The third-order valence-electron chi connectivity index (χ3n) is 3.32. The van der Waals surface area contributed by atoms with Crippen molar-refractivity contribution >= 4 is 17.5 Å². The molecule has 7 nitrogen and oxygen atoms in total. The Bertz CT molecular complexity index is 468. The van der Waals surface area contributed by atoms with Crippen LogP contribution in [0.4, 0.5) is 11.5 Å². The number of hydrogen-bond donors (Lipinski definition) is 2. The molecular weight excluding hydrogens is 250 g/mol. The van der Waals surface area contributed by atoms with E-state index in [1.807, 2.05) is 4.90 Å². The van der Waals surface area contributed by atoms with Crippen molar-refractivity contribution in [3.63, 3.8) is 0 Å². The SMILES string of the molecule is COC1CN(c2nccc(C(=O)O)c2N)CC1OC. The van der Waals surface area contributed by atoms with E-state index in [-0.39, 0.29) is 23.5 Å². The molecule has 0 aromatic carbocycles. The number of rotatable bonds is 4. The van der Waals surface area contributed by atoms with Gasteiger partial charge in [0, 0.05) is 33.5 Å². The van der Waals surface area contributed by atoms with E-state index in [9.17, 15) is 4.79 Å². The minimum atomic E-state index is -1.06. The molecule has 1 aromatic rings. The van der Waals surface area contributed by atoms with Crippen LogP contribution in [-0.2, 0) is 9.47 Å². The van der Waals surface area contributed by atoms with Crippen LogP contribution >= 0.6 is 0 Å². The molecule has 0 radical (unpaired) electrons. The Hall–Kier alpha value is -1.86. The van der Waals surface area contributed by atoms with Crippen LogP contribution in [0.3, 0.4) is 0 Å². The van der Waals surface area contributed by atoms with E-state index in [0.29, 0.717) is 18.9 Å². The van der Waals surface area contributed by atoms with Gasteiger partial charge in [-0.3, -0.25) is 0 Å². The number of pyridine rings is 1. The lowest BCUT2D eigenvalue weighted by molar-refractivity contribution is -0.00461. The molecule has 0 bridgehead atoms. The molecule has 7 heteroatoms. The van der Waals surface area contributed by atoms with Gasteiger partial charge in [-0.25, -0.2) is 9.78 Å². The Morgan fingerprint density at radius 3 is 2.47 bits per heavy atom. The number of anilines is 2. The predicted octanol–water partition coefficient (Wildman–Crippen LogP) is 0.212. The lowest BCUT2D eigenvalue weighted by Crippen LogP contribution is -2.27. The average Bonchev–Trinajstić information content (AvgIpc) is 2.81. The molecule has 2 unspecified atom stereocenters. The number of carboxylic acids is 1. The highest BCUT2D eigenvalue weighted by Crippen LogP contribution is 2.28. The molecule has 3 N–H and O–H groups in total. The number of carbonyl (C=O) groups is 1. The Morgan fingerprint density at radius 2 is 2.00 bits per heavy atom. The molecule has 1 aliphatic rings. The maximum Gasteiger partial charge on any atom is 0.337 e. The van der Waals surface area contributed by atoms with Crippen LogP contribution in [0.15, 0.2) is 12.3 Å². The van der Waals surface area contributed by atoms with Crippen molar-refractivity contribution < 1.29 is 19.4 Å². The summed E-state index contributed by atoms with van der Waals surface area (Å²) >= 11 is 0. The van der Waals surface area contributed by atoms with Gasteiger partial charge in [0.05, 0.1) is 11.3 Å². The van der Waals surface area contributed by atoms with Crippen LogP contribution in [0.2, 0.25) is 0 Å². The summed E-state index contributed by atoms with van der Waals surface area (Å²) in [7, 11) is 3.23. The van der Waals surface area contributed by atoms with Crippen molar-refractivity contribution in [1.29, 1.82) is 0 Å². The highest BCUT2D eigenvalue weighted by atomic mass is 16.5. The summed E-state index contributed by atoms with van der Waals surface area (Å²) in [5.41, 5.74) is 6.09. The second kappa shape index (κ2) is 5.41. The smallest absolute Gasteiger partial charge is 0.337 e. The second-order valence-electron chi connectivity index (χ2n) is 4.35. The van der Waals surface area contributed by atoms with Gasteiger partial charge in [0.2, 0.25) is 0 Å². The number of aromatic nitrogens is 1. The number of nitrogens with two attached hydrogens (primary N) is 1. The lowest BCUT2D eigenvalue weighted by Gasteiger charge is -2.19. The molecule has 2 atom stereocenters. The number of ether oxygens (including phenoxy) is 2. The number of nitrogen functional groups attached to an aromatic ring is 1. The fraction of sp³-hybridized carbons (Fsp3) is 0.500.